The van der Waals surface area contributed by atoms with Gasteiger partial charge in [0, 0.05) is 17.8 Å². The molecule has 0 aromatic heterocycles. The van der Waals surface area contributed by atoms with Crippen molar-refractivity contribution in [3.8, 4) is 0 Å². The molecule has 1 heterocycles. The van der Waals surface area contributed by atoms with E-state index in [9.17, 15) is 9.59 Å². The number of rotatable bonds is 0. The van der Waals surface area contributed by atoms with Crippen molar-refractivity contribution in [1.82, 2.24) is 0 Å². The Morgan fingerprint density at radius 3 is 2.72 bits per heavy atom. The summed E-state index contributed by atoms with van der Waals surface area (Å²) in [4.78, 5) is 24.0. The van der Waals surface area contributed by atoms with Gasteiger partial charge in [0.1, 0.15) is 11.9 Å². The highest BCUT2D eigenvalue weighted by Gasteiger charge is 2.56. The predicted octanol–water partition coefficient (Wildman–Crippen LogP) is 2.58. The first-order valence-electron chi connectivity index (χ1n) is 7.17. The first kappa shape index (κ1) is 12.2. The van der Waals surface area contributed by atoms with Crippen LogP contribution in [0.5, 0.6) is 0 Å². The first-order chi connectivity index (χ1) is 8.43. The van der Waals surface area contributed by atoms with Gasteiger partial charge < -0.3 is 4.74 Å². The van der Waals surface area contributed by atoms with Crippen LogP contribution in [-0.2, 0) is 14.3 Å². The Labute approximate surface area is 108 Å². The molecule has 100 valence electrons. The van der Waals surface area contributed by atoms with E-state index < -0.39 is 0 Å². The molecule has 0 amide bonds. The van der Waals surface area contributed by atoms with Crippen molar-refractivity contribution >= 4 is 11.8 Å². The highest BCUT2D eigenvalue weighted by molar-refractivity contribution is 5.87. The highest BCUT2D eigenvalue weighted by Crippen LogP contribution is 2.55. The van der Waals surface area contributed by atoms with Crippen molar-refractivity contribution in [2.24, 2.45) is 29.1 Å². The second-order valence-electron chi connectivity index (χ2n) is 6.83. The van der Waals surface area contributed by atoms with Gasteiger partial charge in [-0.05, 0) is 31.1 Å². The highest BCUT2D eigenvalue weighted by atomic mass is 16.6. The van der Waals surface area contributed by atoms with Crippen LogP contribution in [0.2, 0.25) is 0 Å². The largest absolute Gasteiger partial charge is 0.462 e. The lowest BCUT2D eigenvalue weighted by atomic mass is 9.69. The molecule has 18 heavy (non-hydrogen) atoms. The van der Waals surface area contributed by atoms with E-state index in [0.717, 1.165) is 25.7 Å². The van der Waals surface area contributed by atoms with E-state index in [1.165, 1.54) is 0 Å². The maximum absolute atomic E-state index is 12.3. The molecule has 2 saturated carbocycles. The lowest BCUT2D eigenvalue weighted by Gasteiger charge is -2.33. The molecular weight excluding hydrogens is 228 g/mol. The molecular formula is C15H22O3. The van der Waals surface area contributed by atoms with Gasteiger partial charge in [0.15, 0.2) is 0 Å². The van der Waals surface area contributed by atoms with Gasteiger partial charge in [0.2, 0.25) is 0 Å². The first-order valence-corrected chi connectivity index (χ1v) is 7.17. The normalized spacial score (nSPS) is 51.6. The summed E-state index contributed by atoms with van der Waals surface area (Å²) in [6.07, 6.45) is 3.59. The van der Waals surface area contributed by atoms with Crippen LogP contribution in [0.1, 0.15) is 46.5 Å². The Hall–Kier alpha value is -0.860. The number of hydrogen-bond acceptors (Lipinski definition) is 3. The van der Waals surface area contributed by atoms with Crippen molar-refractivity contribution in [1.29, 1.82) is 0 Å². The van der Waals surface area contributed by atoms with Crippen LogP contribution in [0.4, 0.5) is 0 Å². The Balaban J connectivity index is 1.96. The van der Waals surface area contributed by atoms with Crippen molar-refractivity contribution in [2.45, 2.75) is 52.6 Å². The van der Waals surface area contributed by atoms with Gasteiger partial charge in [-0.3, -0.25) is 9.59 Å². The number of fused-ring (bicyclic) bond motifs is 2. The van der Waals surface area contributed by atoms with E-state index in [-0.39, 0.29) is 29.3 Å². The zero-order chi connectivity index (χ0) is 13.1. The van der Waals surface area contributed by atoms with E-state index in [2.05, 4.69) is 13.8 Å². The van der Waals surface area contributed by atoms with Gasteiger partial charge in [-0.15, -0.1) is 0 Å². The van der Waals surface area contributed by atoms with Gasteiger partial charge in [-0.25, -0.2) is 0 Å². The Bertz CT molecular complexity index is 403. The number of carbonyl (C=O) groups is 2. The maximum atomic E-state index is 12.3. The number of ketones is 1. The molecule has 0 aromatic rings. The number of carbonyl (C=O) groups excluding carboxylic acids is 2. The molecule has 0 spiro atoms. The minimum atomic E-state index is -0.207. The van der Waals surface area contributed by atoms with Crippen molar-refractivity contribution in [2.75, 3.05) is 0 Å². The third kappa shape index (κ3) is 1.49. The SMILES string of the molecule is C[C@@H]1C[C@@H]2OC(=O)[C@H](C)[C@H]2C[C@]2(C)C(=O)CC[C@@H]12. The second-order valence-corrected chi connectivity index (χ2v) is 6.83. The molecule has 3 heteroatoms. The van der Waals surface area contributed by atoms with E-state index in [4.69, 9.17) is 4.74 Å². The molecule has 0 aromatic carbocycles. The molecule has 2 aliphatic carbocycles. The summed E-state index contributed by atoms with van der Waals surface area (Å²) < 4.78 is 5.52. The average Bonchev–Trinajstić information content (AvgIpc) is 2.69. The van der Waals surface area contributed by atoms with Crippen LogP contribution in [0.25, 0.3) is 0 Å². The zero-order valence-corrected chi connectivity index (χ0v) is 11.4. The molecule has 1 saturated heterocycles. The average molecular weight is 250 g/mol. The molecule has 0 unspecified atom stereocenters. The topological polar surface area (TPSA) is 43.4 Å². The van der Waals surface area contributed by atoms with Crippen LogP contribution < -0.4 is 0 Å². The molecule has 3 fully saturated rings. The Kier molecular flexibility index (Phi) is 2.58. The predicted molar refractivity (Wildman–Crippen MR) is 66.8 cm³/mol. The fourth-order valence-electron chi connectivity index (χ4n) is 4.67. The smallest absolute Gasteiger partial charge is 0.309 e. The van der Waals surface area contributed by atoms with Crippen LogP contribution in [0.15, 0.2) is 0 Å². The van der Waals surface area contributed by atoms with E-state index in [1.54, 1.807) is 0 Å². The minimum absolute atomic E-state index is 0.0359. The molecule has 0 radical (unpaired) electrons. The number of hydrogen-bond donors (Lipinski definition) is 0. The van der Waals surface area contributed by atoms with Gasteiger partial charge in [0.05, 0.1) is 5.92 Å². The van der Waals surface area contributed by atoms with Crippen molar-refractivity contribution < 1.29 is 14.3 Å². The van der Waals surface area contributed by atoms with Gasteiger partial charge >= 0.3 is 5.97 Å². The van der Waals surface area contributed by atoms with Gasteiger partial charge in [-0.2, -0.15) is 0 Å². The molecule has 0 bridgehead atoms. The Morgan fingerprint density at radius 2 is 2.00 bits per heavy atom. The number of Topliss-reactive ketones (excluding diaryl/α,β-unsaturated/α-hetero) is 1. The van der Waals surface area contributed by atoms with Crippen molar-refractivity contribution in [3.63, 3.8) is 0 Å². The van der Waals surface area contributed by atoms with Crippen LogP contribution >= 0.6 is 0 Å². The molecule has 1 aliphatic heterocycles. The molecule has 3 rings (SSSR count). The molecule has 3 nitrogen and oxygen atoms in total. The summed E-state index contributed by atoms with van der Waals surface area (Å²) >= 11 is 0. The second kappa shape index (κ2) is 3.82. The number of esters is 1. The van der Waals surface area contributed by atoms with Crippen molar-refractivity contribution in [3.05, 3.63) is 0 Å². The molecule has 3 aliphatic rings. The third-order valence-corrected chi connectivity index (χ3v) is 5.85. The summed E-state index contributed by atoms with van der Waals surface area (Å²) in [5, 5.41) is 0. The minimum Gasteiger partial charge on any atom is -0.462 e. The van der Waals surface area contributed by atoms with Gasteiger partial charge in [0.25, 0.3) is 0 Å². The van der Waals surface area contributed by atoms with Crippen LogP contribution in [-0.4, -0.2) is 17.9 Å². The monoisotopic (exact) mass is 250 g/mol. The Morgan fingerprint density at radius 1 is 1.28 bits per heavy atom. The van der Waals surface area contributed by atoms with E-state index in [0.29, 0.717) is 17.6 Å². The molecule has 0 N–H and O–H groups in total. The van der Waals surface area contributed by atoms with Crippen LogP contribution in [0, 0.1) is 29.1 Å². The fourth-order valence-corrected chi connectivity index (χ4v) is 4.67. The summed E-state index contributed by atoms with van der Waals surface area (Å²) in [6, 6.07) is 0. The van der Waals surface area contributed by atoms with E-state index >= 15 is 0 Å². The quantitative estimate of drug-likeness (QED) is 0.621. The fraction of sp³-hybridized carbons (Fsp3) is 0.867. The lowest BCUT2D eigenvalue weighted by Crippen LogP contribution is -2.33. The lowest BCUT2D eigenvalue weighted by molar-refractivity contribution is -0.144. The zero-order valence-electron chi connectivity index (χ0n) is 11.4. The summed E-state index contributed by atoms with van der Waals surface area (Å²) in [7, 11) is 0. The summed E-state index contributed by atoms with van der Waals surface area (Å²) in [5.74, 6) is 1.52. The standard InChI is InChI=1S/C15H22O3/c1-8-6-12-10(9(2)14(17)18-12)7-15(3)11(8)4-5-13(15)16/h8-12H,4-7H2,1-3H3/t8-,9-,10-,11+,12+,15+/m1/s1. The maximum Gasteiger partial charge on any atom is 0.309 e. The van der Waals surface area contributed by atoms with Crippen LogP contribution in [0.3, 0.4) is 0 Å². The third-order valence-electron chi connectivity index (χ3n) is 5.85. The van der Waals surface area contributed by atoms with E-state index in [1.807, 2.05) is 6.92 Å². The number of ether oxygens (including phenoxy) is 1. The molecule has 6 atom stereocenters. The summed E-state index contributed by atoms with van der Waals surface area (Å²) in [6.45, 7) is 6.31. The summed E-state index contributed by atoms with van der Waals surface area (Å²) in [5.41, 5.74) is -0.207. The van der Waals surface area contributed by atoms with Gasteiger partial charge in [-0.1, -0.05) is 20.8 Å².